The number of likely N-dealkylation sites (N-methyl/N-ethyl adjacent to an activating group) is 1. The Hall–Kier alpha value is -1.22. The average Bonchev–Trinajstić information content (AvgIpc) is 2.31. The lowest BCUT2D eigenvalue weighted by Crippen LogP contribution is -2.34. The molecule has 0 saturated carbocycles. The SMILES string of the molecule is CCNC1CCc2c(OC)ccc(N)c2C1. The van der Waals surface area contributed by atoms with Crippen LogP contribution < -0.4 is 15.8 Å². The highest BCUT2D eigenvalue weighted by Gasteiger charge is 2.22. The molecule has 0 amide bonds. The van der Waals surface area contributed by atoms with Crippen LogP contribution in [0, 0.1) is 0 Å². The van der Waals surface area contributed by atoms with Crippen LogP contribution in [0.2, 0.25) is 0 Å². The molecule has 1 aliphatic rings. The van der Waals surface area contributed by atoms with Crippen LogP contribution in [0.25, 0.3) is 0 Å². The molecule has 1 aliphatic carbocycles. The normalized spacial score (nSPS) is 19.2. The van der Waals surface area contributed by atoms with Crippen LogP contribution in [-0.2, 0) is 12.8 Å². The van der Waals surface area contributed by atoms with Gasteiger partial charge in [0.1, 0.15) is 5.75 Å². The summed E-state index contributed by atoms with van der Waals surface area (Å²) in [4.78, 5) is 0. The number of benzene rings is 1. The summed E-state index contributed by atoms with van der Waals surface area (Å²) >= 11 is 0. The van der Waals surface area contributed by atoms with Gasteiger partial charge >= 0.3 is 0 Å². The number of rotatable bonds is 3. The molecule has 3 N–H and O–H groups in total. The van der Waals surface area contributed by atoms with E-state index >= 15 is 0 Å². The van der Waals surface area contributed by atoms with Crippen LogP contribution >= 0.6 is 0 Å². The average molecular weight is 220 g/mol. The quantitative estimate of drug-likeness (QED) is 0.763. The first-order chi connectivity index (χ1) is 7.76. The van der Waals surface area contributed by atoms with E-state index in [1.54, 1.807) is 7.11 Å². The molecule has 1 aromatic carbocycles. The molecule has 0 heterocycles. The van der Waals surface area contributed by atoms with Gasteiger partial charge in [-0.2, -0.15) is 0 Å². The summed E-state index contributed by atoms with van der Waals surface area (Å²) in [6.07, 6.45) is 3.24. The standard InChI is InChI=1S/C13H20N2O/c1-3-15-9-4-5-10-11(8-9)12(14)6-7-13(10)16-2/h6-7,9,15H,3-5,8,14H2,1-2H3. The number of hydrogen-bond acceptors (Lipinski definition) is 3. The molecular weight excluding hydrogens is 200 g/mol. The third-order valence-corrected chi connectivity index (χ3v) is 3.33. The lowest BCUT2D eigenvalue weighted by Gasteiger charge is -2.27. The largest absolute Gasteiger partial charge is 0.496 e. The third kappa shape index (κ3) is 2.00. The van der Waals surface area contributed by atoms with Crippen molar-refractivity contribution in [1.82, 2.24) is 5.32 Å². The van der Waals surface area contributed by atoms with E-state index in [1.807, 2.05) is 12.1 Å². The molecule has 2 rings (SSSR count). The first-order valence-corrected chi connectivity index (χ1v) is 5.93. The number of anilines is 1. The Morgan fingerprint density at radius 1 is 1.44 bits per heavy atom. The topological polar surface area (TPSA) is 47.3 Å². The summed E-state index contributed by atoms with van der Waals surface area (Å²) in [5, 5.41) is 3.49. The van der Waals surface area contributed by atoms with Crippen LogP contribution in [0.3, 0.4) is 0 Å². The van der Waals surface area contributed by atoms with E-state index in [-0.39, 0.29) is 0 Å². The van der Waals surface area contributed by atoms with E-state index in [4.69, 9.17) is 10.5 Å². The van der Waals surface area contributed by atoms with Gasteiger partial charge in [0.05, 0.1) is 7.11 Å². The van der Waals surface area contributed by atoms with E-state index in [1.165, 1.54) is 17.5 Å². The molecule has 0 saturated heterocycles. The minimum Gasteiger partial charge on any atom is -0.496 e. The summed E-state index contributed by atoms with van der Waals surface area (Å²) in [5.41, 5.74) is 9.52. The summed E-state index contributed by atoms with van der Waals surface area (Å²) in [5.74, 6) is 0.985. The smallest absolute Gasteiger partial charge is 0.122 e. The van der Waals surface area contributed by atoms with Crippen LogP contribution in [0.4, 0.5) is 5.69 Å². The maximum atomic E-state index is 6.04. The molecule has 88 valence electrons. The van der Waals surface area contributed by atoms with E-state index in [0.717, 1.165) is 30.8 Å². The van der Waals surface area contributed by atoms with E-state index in [9.17, 15) is 0 Å². The van der Waals surface area contributed by atoms with Gasteiger partial charge in [-0.05, 0) is 49.1 Å². The summed E-state index contributed by atoms with van der Waals surface area (Å²) in [6.45, 7) is 3.16. The molecular formula is C13H20N2O. The third-order valence-electron chi connectivity index (χ3n) is 3.33. The van der Waals surface area contributed by atoms with Crippen LogP contribution in [0.1, 0.15) is 24.5 Å². The van der Waals surface area contributed by atoms with Crippen LogP contribution in [0.15, 0.2) is 12.1 Å². The first kappa shape index (κ1) is 11.3. The van der Waals surface area contributed by atoms with Gasteiger partial charge in [0.25, 0.3) is 0 Å². The van der Waals surface area contributed by atoms with Crippen molar-refractivity contribution in [3.63, 3.8) is 0 Å². The molecule has 3 heteroatoms. The minimum atomic E-state index is 0.562. The number of fused-ring (bicyclic) bond motifs is 1. The molecule has 16 heavy (non-hydrogen) atoms. The fourth-order valence-corrected chi connectivity index (χ4v) is 2.53. The lowest BCUT2D eigenvalue weighted by molar-refractivity contribution is 0.399. The molecule has 0 aliphatic heterocycles. The van der Waals surface area contributed by atoms with Crippen molar-refractivity contribution in [2.45, 2.75) is 32.2 Å². The van der Waals surface area contributed by atoms with Gasteiger partial charge in [-0.15, -0.1) is 0 Å². The Morgan fingerprint density at radius 2 is 2.25 bits per heavy atom. The molecule has 0 spiro atoms. The maximum absolute atomic E-state index is 6.04. The zero-order valence-electron chi connectivity index (χ0n) is 10.0. The second kappa shape index (κ2) is 4.74. The second-order valence-electron chi connectivity index (χ2n) is 4.31. The van der Waals surface area contributed by atoms with E-state index in [0.29, 0.717) is 6.04 Å². The number of hydrogen-bond donors (Lipinski definition) is 2. The molecule has 1 unspecified atom stereocenters. The van der Waals surface area contributed by atoms with Crippen molar-refractivity contribution < 1.29 is 4.74 Å². The summed E-state index contributed by atoms with van der Waals surface area (Å²) < 4.78 is 5.39. The molecule has 1 aromatic rings. The Labute approximate surface area is 97.0 Å². The number of methoxy groups -OCH3 is 1. The zero-order valence-corrected chi connectivity index (χ0v) is 10.0. The number of nitrogens with two attached hydrogens (primary N) is 1. The monoisotopic (exact) mass is 220 g/mol. The van der Waals surface area contributed by atoms with Gasteiger partial charge in [0.15, 0.2) is 0 Å². The van der Waals surface area contributed by atoms with Gasteiger partial charge in [-0.1, -0.05) is 6.92 Å². The van der Waals surface area contributed by atoms with Gasteiger partial charge in [-0.3, -0.25) is 0 Å². The fourth-order valence-electron chi connectivity index (χ4n) is 2.53. The Balaban J connectivity index is 2.30. The first-order valence-electron chi connectivity index (χ1n) is 5.93. The van der Waals surface area contributed by atoms with Gasteiger partial charge in [0.2, 0.25) is 0 Å². The molecule has 0 radical (unpaired) electrons. The minimum absolute atomic E-state index is 0.562. The predicted octanol–water partition coefficient (Wildman–Crippen LogP) is 1.74. The van der Waals surface area contributed by atoms with Gasteiger partial charge in [0, 0.05) is 11.7 Å². The number of ether oxygens (including phenoxy) is 1. The van der Waals surface area contributed by atoms with Crippen molar-refractivity contribution in [2.24, 2.45) is 0 Å². The molecule has 0 aromatic heterocycles. The second-order valence-corrected chi connectivity index (χ2v) is 4.31. The molecule has 0 fully saturated rings. The summed E-state index contributed by atoms with van der Waals surface area (Å²) in [6, 6.07) is 4.49. The highest BCUT2D eigenvalue weighted by molar-refractivity contribution is 5.57. The molecule has 1 atom stereocenters. The highest BCUT2D eigenvalue weighted by atomic mass is 16.5. The number of nitrogen functional groups attached to an aromatic ring is 1. The van der Waals surface area contributed by atoms with Crippen molar-refractivity contribution in [2.75, 3.05) is 19.4 Å². The molecule has 3 nitrogen and oxygen atoms in total. The summed E-state index contributed by atoms with van der Waals surface area (Å²) in [7, 11) is 1.72. The molecule has 0 bridgehead atoms. The van der Waals surface area contributed by atoms with E-state index in [2.05, 4.69) is 12.2 Å². The van der Waals surface area contributed by atoms with Gasteiger partial charge in [-0.25, -0.2) is 0 Å². The van der Waals surface area contributed by atoms with Crippen molar-refractivity contribution >= 4 is 5.69 Å². The highest BCUT2D eigenvalue weighted by Crippen LogP contribution is 2.33. The Morgan fingerprint density at radius 3 is 2.94 bits per heavy atom. The van der Waals surface area contributed by atoms with Crippen molar-refractivity contribution in [1.29, 1.82) is 0 Å². The zero-order chi connectivity index (χ0) is 11.5. The number of nitrogens with one attached hydrogen (secondary N) is 1. The van der Waals surface area contributed by atoms with Crippen molar-refractivity contribution in [3.8, 4) is 5.75 Å². The fraction of sp³-hybridized carbons (Fsp3) is 0.538. The Kier molecular flexibility index (Phi) is 3.34. The van der Waals surface area contributed by atoms with Crippen molar-refractivity contribution in [3.05, 3.63) is 23.3 Å². The van der Waals surface area contributed by atoms with Gasteiger partial charge < -0.3 is 15.8 Å². The maximum Gasteiger partial charge on any atom is 0.122 e. The van der Waals surface area contributed by atoms with Crippen LogP contribution in [0.5, 0.6) is 5.75 Å². The van der Waals surface area contributed by atoms with E-state index < -0.39 is 0 Å². The Bertz CT molecular complexity index is 376. The predicted molar refractivity (Wildman–Crippen MR) is 66.9 cm³/mol. The van der Waals surface area contributed by atoms with Crippen LogP contribution in [-0.4, -0.2) is 19.7 Å². The lowest BCUT2D eigenvalue weighted by atomic mass is 9.86.